The second kappa shape index (κ2) is 11.3. The number of carbonyl (C=O) groups is 4. The van der Waals surface area contributed by atoms with Crippen LogP contribution in [0.25, 0.3) is 0 Å². The number of benzene rings is 2. The van der Waals surface area contributed by atoms with Gasteiger partial charge >= 0.3 is 0 Å². The second-order valence-corrected chi connectivity index (χ2v) is 10.5. The van der Waals surface area contributed by atoms with Gasteiger partial charge in [-0.2, -0.15) is 0 Å². The molecule has 3 saturated heterocycles. The molecule has 3 fully saturated rings. The highest BCUT2D eigenvalue weighted by Gasteiger charge is 2.46. The third-order valence-corrected chi connectivity index (χ3v) is 7.70. The molecule has 200 valence electrons. The molecule has 3 aliphatic rings. The van der Waals surface area contributed by atoms with Gasteiger partial charge in [-0.15, -0.1) is 0 Å². The van der Waals surface area contributed by atoms with Crippen LogP contribution >= 0.6 is 0 Å². The Balaban J connectivity index is 1.48. The molecular formula is C29H34N4O5. The first-order chi connectivity index (χ1) is 18.4. The third kappa shape index (κ3) is 5.72. The van der Waals surface area contributed by atoms with Crippen LogP contribution in [0.5, 0.6) is 0 Å². The molecule has 0 spiro atoms. The maximum absolute atomic E-state index is 13.8. The lowest BCUT2D eigenvalue weighted by Gasteiger charge is -2.32. The molecule has 3 heterocycles. The summed E-state index contributed by atoms with van der Waals surface area (Å²) in [5, 5.41) is 16.4. The minimum atomic E-state index is -0.909. The quantitative estimate of drug-likeness (QED) is 0.553. The van der Waals surface area contributed by atoms with Gasteiger partial charge in [0.2, 0.25) is 23.6 Å². The van der Waals surface area contributed by atoms with E-state index < -0.39 is 36.2 Å². The number of amides is 4. The maximum Gasteiger partial charge on any atom is 0.246 e. The largest absolute Gasteiger partial charge is 0.391 e. The van der Waals surface area contributed by atoms with Gasteiger partial charge in [0.05, 0.1) is 6.10 Å². The molecule has 2 aromatic carbocycles. The number of hydrogen-bond acceptors (Lipinski definition) is 5. The first-order valence-corrected chi connectivity index (χ1v) is 13.4. The number of nitrogens with one attached hydrogen (secondary N) is 2. The topological polar surface area (TPSA) is 119 Å². The van der Waals surface area contributed by atoms with E-state index in [-0.39, 0.29) is 43.5 Å². The summed E-state index contributed by atoms with van der Waals surface area (Å²) in [6.07, 6.45) is 1.14. The highest BCUT2D eigenvalue weighted by atomic mass is 16.3. The summed E-state index contributed by atoms with van der Waals surface area (Å²) in [6, 6.07) is 16.0. The average Bonchev–Trinajstić information content (AvgIpc) is 3.55. The molecule has 5 atom stereocenters. The molecule has 38 heavy (non-hydrogen) atoms. The van der Waals surface area contributed by atoms with Crippen molar-refractivity contribution in [1.29, 1.82) is 0 Å². The van der Waals surface area contributed by atoms with Crippen molar-refractivity contribution in [2.75, 3.05) is 13.1 Å². The molecule has 5 rings (SSSR count). The van der Waals surface area contributed by atoms with Crippen LogP contribution in [-0.4, -0.2) is 81.9 Å². The molecular weight excluding hydrogens is 484 g/mol. The molecule has 0 aliphatic carbocycles. The van der Waals surface area contributed by atoms with Crippen molar-refractivity contribution >= 4 is 23.6 Å². The molecule has 3 aliphatic heterocycles. The Bertz CT molecular complexity index is 1170. The predicted molar refractivity (Wildman–Crippen MR) is 140 cm³/mol. The Kier molecular flexibility index (Phi) is 7.74. The van der Waals surface area contributed by atoms with Gasteiger partial charge in [0.15, 0.2) is 0 Å². The van der Waals surface area contributed by atoms with Crippen molar-refractivity contribution < 1.29 is 24.3 Å². The minimum absolute atomic E-state index is 0.00801. The van der Waals surface area contributed by atoms with E-state index in [1.807, 2.05) is 60.7 Å². The van der Waals surface area contributed by atoms with Crippen LogP contribution in [-0.2, 0) is 32.0 Å². The van der Waals surface area contributed by atoms with Crippen molar-refractivity contribution in [3.05, 3.63) is 71.8 Å². The van der Waals surface area contributed by atoms with E-state index in [0.717, 1.165) is 11.1 Å². The van der Waals surface area contributed by atoms with Crippen molar-refractivity contribution in [2.24, 2.45) is 0 Å². The van der Waals surface area contributed by atoms with E-state index in [1.54, 1.807) is 4.90 Å². The minimum Gasteiger partial charge on any atom is -0.391 e. The van der Waals surface area contributed by atoms with E-state index >= 15 is 0 Å². The lowest BCUT2D eigenvalue weighted by molar-refractivity contribution is -0.147. The first kappa shape index (κ1) is 25.9. The normalized spacial score (nSPS) is 28.5. The summed E-state index contributed by atoms with van der Waals surface area (Å²) < 4.78 is 0. The van der Waals surface area contributed by atoms with Gasteiger partial charge in [-0.05, 0) is 30.4 Å². The van der Waals surface area contributed by atoms with Crippen molar-refractivity contribution in [1.82, 2.24) is 20.4 Å². The zero-order valence-electron chi connectivity index (χ0n) is 21.3. The van der Waals surface area contributed by atoms with Crippen LogP contribution in [0.15, 0.2) is 60.7 Å². The molecule has 0 aromatic heterocycles. The fourth-order valence-electron chi connectivity index (χ4n) is 5.88. The van der Waals surface area contributed by atoms with E-state index in [0.29, 0.717) is 25.8 Å². The molecule has 0 radical (unpaired) electrons. The SMILES string of the molecule is O=C1CC(Cc2ccccc2)NC(=O)C2CCCN2C(=O)C2CC(O)CN2C(=O)C(Cc2ccccc2)N1. The van der Waals surface area contributed by atoms with Gasteiger partial charge in [0, 0.05) is 38.4 Å². The Morgan fingerprint density at radius 2 is 1.45 bits per heavy atom. The zero-order chi connectivity index (χ0) is 26.6. The van der Waals surface area contributed by atoms with Gasteiger partial charge in [-0.25, -0.2) is 0 Å². The summed E-state index contributed by atoms with van der Waals surface area (Å²) >= 11 is 0. The Labute approximate surface area is 222 Å². The molecule has 9 heteroatoms. The monoisotopic (exact) mass is 518 g/mol. The van der Waals surface area contributed by atoms with Gasteiger partial charge in [0.25, 0.3) is 0 Å². The van der Waals surface area contributed by atoms with Gasteiger partial charge < -0.3 is 25.5 Å². The number of fused-ring (bicyclic) bond motifs is 2. The van der Waals surface area contributed by atoms with E-state index in [4.69, 9.17) is 0 Å². The number of aliphatic hydroxyl groups excluding tert-OH is 1. The summed E-state index contributed by atoms with van der Waals surface area (Å²) in [6.45, 7) is 0.428. The molecule has 0 bridgehead atoms. The van der Waals surface area contributed by atoms with Gasteiger partial charge in [-0.1, -0.05) is 60.7 Å². The molecule has 2 aromatic rings. The number of nitrogens with zero attached hydrogens (tertiary/aromatic N) is 2. The van der Waals surface area contributed by atoms with E-state index in [9.17, 15) is 24.3 Å². The Morgan fingerprint density at radius 3 is 2.13 bits per heavy atom. The Morgan fingerprint density at radius 1 is 0.789 bits per heavy atom. The van der Waals surface area contributed by atoms with Crippen LogP contribution in [0.2, 0.25) is 0 Å². The second-order valence-electron chi connectivity index (χ2n) is 10.5. The summed E-state index contributed by atoms with van der Waals surface area (Å²) in [7, 11) is 0. The number of hydrogen-bond donors (Lipinski definition) is 3. The maximum atomic E-state index is 13.8. The summed E-state index contributed by atoms with van der Waals surface area (Å²) in [5.74, 6) is -1.37. The summed E-state index contributed by atoms with van der Waals surface area (Å²) in [4.78, 5) is 57.2. The number of aliphatic hydroxyl groups is 1. The van der Waals surface area contributed by atoms with Crippen LogP contribution in [0.3, 0.4) is 0 Å². The smallest absolute Gasteiger partial charge is 0.246 e. The van der Waals surface area contributed by atoms with Crippen molar-refractivity contribution in [2.45, 2.75) is 68.8 Å². The fraction of sp³-hybridized carbons (Fsp3) is 0.448. The van der Waals surface area contributed by atoms with E-state index in [1.165, 1.54) is 4.90 Å². The molecule has 3 N–H and O–H groups in total. The Hall–Kier alpha value is -3.72. The van der Waals surface area contributed by atoms with Crippen molar-refractivity contribution in [3.8, 4) is 0 Å². The molecule has 0 saturated carbocycles. The zero-order valence-corrected chi connectivity index (χ0v) is 21.3. The van der Waals surface area contributed by atoms with Crippen LogP contribution < -0.4 is 10.6 Å². The van der Waals surface area contributed by atoms with Gasteiger partial charge in [0.1, 0.15) is 18.1 Å². The van der Waals surface area contributed by atoms with E-state index in [2.05, 4.69) is 10.6 Å². The predicted octanol–water partition coefficient (Wildman–Crippen LogP) is 0.798. The first-order valence-electron chi connectivity index (χ1n) is 13.4. The standard InChI is InChI=1S/C29H34N4O5/c34-22-17-25-29(38)32-13-7-12-24(32)27(36)30-21(14-19-8-3-1-4-9-19)16-26(35)31-23(28(37)33(25)18-22)15-20-10-5-2-6-11-20/h1-6,8-11,21-25,34H,7,12-18H2,(H,30,36)(H,31,35). The average molecular weight is 519 g/mol. The summed E-state index contributed by atoms with van der Waals surface area (Å²) in [5.41, 5.74) is 1.84. The highest BCUT2D eigenvalue weighted by molar-refractivity contribution is 5.96. The van der Waals surface area contributed by atoms with Crippen molar-refractivity contribution in [3.63, 3.8) is 0 Å². The fourth-order valence-corrected chi connectivity index (χ4v) is 5.88. The van der Waals surface area contributed by atoms with Crippen LogP contribution in [0, 0.1) is 0 Å². The molecule has 5 unspecified atom stereocenters. The number of rotatable bonds is 4. The lowest BCUT2D eigenvalue weighted by atomic mass is 10.0. The third-order valence-electron chi connectivity index (χ3n) is 7.70. The lowest BCUT2D eigenvalue weighted by Crippen LogP contribution is -2.56. The number of carbonyl (C=O) groups excluding carboxylic acids is 4. The van der Waals surface area contributed by atoms with Crippen LogP contribution in [0.1, 0.15) is 36.8 Å². The molecule has 9 nitrogen and oxygen atoms in total. The van der Waals surface area contributed by atoms with Gasteiger partial charge in [-0.3, -0.25) is 19.2 Å². The van der Waals surface area contributed by atoms with Crippen LogP contribution in [0.4, 0.5) is 0 Å². The molecule has 4 amide bonds. The highest BCUT2D eigenvalue weighted by Crippen LogP contribution is 2.27.